The predicted molar refractivity (Wildman–Crippen MR) is 55.6 cm³/mol. The number of aryl methyl sites for hydroxylation is 1. The van der Waals surface area contributed by atoms with Crippen LogP contribution in [0.1, 0.15) is 34.5 Å². The maximum atomic E-state index is 10.7. The van der Waals surface area contributed by atoms with Crippen LogP contribution in [0.25, 0.3) is 0 Å². The average molecular weight is 193 g/mol. The van der Waals surface area contributed by atoms with Crippen molar-refractivity contribution in [1.29, 1.82) is 0 Å². The molecule has 0 saturated carbocycles. The molecular weight excluding hydrogens is 178 g/mol. The van der Waals surface area contributed by atoms with Gasteiger partial charge in [0.1, 0.15) is 0 Å². The number of carbonyl (C=O) groups is 1. The van der Waals surface area contributed by atoms with Gasteiger partial charge < -0.3 is 10.4 Å². The zero-order chi connectivity index (χ0) is 10.7. The van der Waals surface area contributed by atoms with Crippen LogP contribution >= 0.6 is 0 Å². The Morgan fingerprint density at radius 1 is 1.50 bits per heavy atom. The van der Waals surface area contributed by atoms with E-state index in [1.54, 1.807) is 12.1 Å². The minimum Gasteiger partial charge on any atom is -0.478 e. The van der Waals surface area contributed by atoms with Crippen LogP contribution in [0.15, 0.2) is 18.2 Å². The van der Waals surface area contributed by atoms with E-state index in [9.17, 15) is 4.79 Å². The van der Waals surface area contributed by atoms with Crippen LogP contribution in [0.5, 0.6) is 0 Å². The summed E-state index contributed by atoms with van der Waals surface area (Å²) in [6.07, 6.45) is 0. The summed E-state index contributed by atoms with van der Waals surface area (Å²) in [6, 6.07) is 5.45. The minimum atomic E-state index is -0.878. The molecule has 0 bridgehead atoms. The van der Waals surface area contributed by atoms with Crippen LogP contribution in [-0.4, -0.2) is 18.1 Å². The predicted octanol–water partition coefficient (Wildman–Crippen LogP) is 1.97. The van der Waals surface area contributed by atoms with E-state index in [-0.39, 0.29) is 6.04 Å². The van der Waals surface area contributed by atoms with Gasteiger partial charge in [-0.15, -0.1) is 0 Å². The molecule has 1 aromatic rings. The molecule has 3 heteroatoms. The molecule has 0 heterocycles. The monoisotopic (exact) mass is 193 g/mol. The van der Waals surface area contributed by atoms with Crippen LogP contribution in [0.4, 0.5) is 0 Å². The fourth-order valence-electron chi connectivity index (χ4n) is 1.45. The molecule has 0 spiro atoms. The van der Waals surface area contributed by atoms with E-state index in [0.29, 0.717) is 5.56 Å². The van der Waals surface area contributed by atoms with Gasteiger partial charge in [0, 0.05) is 6.04 Å². The number of benzene rings is 1. The topological polar surface area (TPSA) is 49.3 Å². The highest BCUT2D eigenvalue weighted by Crippen LogP contribution is 2.18. The smallest absolute Gasteiger partial charge is 0.335 e. The van der Waals surface area contributed by atoms with Crippen molar-refractivity contribution in [3.05, 3.63) is 34.9 Å². The summed E-state index contributed by atoms with van der Waals surface area (Å²) in [5.41, 5.74) is 2.49. The summed E-state index contributed by atoms with van der Waals surface area (Å²) in [5, 5.41) is 11.9. The van der Waals surface area contributed by atoms with E-state index in [4.69, 9.17) is 5.11 Å². The van der Waals surface area contributed by atoms with Crippen molar-refractivity contribution < 1.29 is 9.90 Å². The molecular formula is C11H15NO2. The van der Waals surface area contributed by atoms with Crippen LogP contribution in [0.3, 0.4) is 0 Å². The fraction of sp³-hybridized carbons (Fsp3) is 0.364. The summed E-state index contributed by atoms with van der Waals surface area (Å²) in [7, 11) is 1.88. The van der Waals surface area contributed by atoms with Crippen LogP contribution in [-0.2, 0) is 0 Å². The van der Waals surface area contributed by atoms with Gasteiger partial charge in [0.25, 0.3) is 0 Å². The summed E-state index contributed by atoms with van der Waals surface area (Å²) >= 11 is 0. The van der Waals surface area contributed by atoms with Crippen molar-refractivity contribution in [2.45, 2.75) is 19.9 Å². The number of hydrogen-bond acceptors (Lipinski definition) is 2. The van der Waals surface area contributed by atoms with Gasteiger partial charge in [-0.05, 0) is 44.2 Å². The molecule has 1 atom stereocenters. The molecule has 2 N–H and O–H groups in total. The first-order valence-corrected chi connectivity index (χ1v) is 4.57. The van der Waals surface area contributed by atoms with E-state index in [0.717, 1.165) is 11.1 Å². The van der Waals surface area contributed by atoms with E-state index >= 15 is 0 Å². The van der Waals surface area contributed by atoms with Crippen molar-refractivity contribution in [2.24, 2.45) is 0 Å². The first kappa shape index (κ1) is 10.7. The molecule has 76 valence electrons. The van der Waals surface area contributed by atoms with Gasteiger partial charge in [-0.3, -0.25) is 0 Å². The molecule has 0 unspecified atom stereocenters. The molecule has 0 amide bonds. The lowest BCUT2D eigenvalue weighted by atomic mass is 10.00. The highest BCUT2D eigenvalue weighted by Gasteiger charge is 2.09. The zero-order valence-corrected chi connectivity index (χ0v) is 8.66. The maximum Gasteiger partial charge on any atom is 0.335 e. The molecule has 0 fully saturated rings. The molecule has 3 nitrogen and oxygen atoms in total. The van der Waals surface area contributed by atoms with Gasteiger partial charge in [-0.1, -0.05) is 6.07 Å². The number of rotatable bonds is 3. The van der Waals surface area contributed by atoms with Gasteiger partial charge in [0.05, 0.1) is 5.56 Å². The van der Waals surface area contributed by atoms with Crippen molar-refractivity contribution in [2.75, 3.05) is 7.05 Å². The largest absolute Gasteiger partial charge is 0.478 e. The van der Waals surface area contributed by atoms with Crippen molar-refractivity contribution in [1.82, 2.24) is 5.32 Å². The van der Waals surface area contributed by atoms with Gasteiger partial charge in [0.2, 0.25) is 0 Å². The lowest BCUT2D eigenvalue weighted by Gasteiger charge is -2.13. The Hall–Kier alpha value is -1.35. The number of nitrogens with one attached hydrogen (secondary N) is 1. The fourth-order valence-corrected chi connectivity index (χ4v) is 1.45. The molecule has 1 aromatic carbocycles. The molecule has 0 aliphatic carbocycles. The van der Waals surface area contributed by atoms with Crippen molar-refractivity contribution >= 4 is 5.97 Å². The van der Waals surface area contributed by atoms with Crippen LogP contribution in [0.2, 0.25) is 0 Å². The highest BCUT2D eigenvalue weighted by atomic mass is 16.4. The third-order valence-corrected chi connectivity index (χ3v) is 2.42. The van der Waals surface area contributed by atoms with Crippen molar-refractivity contribution in [3.63, 3.8) is 0 Å². The second-order valence-corrected chi connectivity index (χ2v) is 3.39. The number of hydrogen-bond donors (Lipinski definition) is 2. The van der Waals surface area contributed by atoms with Gasteiger partial charge >= 0.3 is 5.97 Å². The van der Waals surface area contributed by atoms with Crippen LogP contribution < -0.4 is 5.32 Å². The second kappa shape index (κ2) is 4.24. The molecule has 0 aromatic heterocycles. The van der Waals surface area contributed by atoms with Crippen molar-refractivity contribution in [3.8, 4) is 0 Å². The number of aromatic carboxylic acids is 1. The molecule has 0 radical (unpaired) electrons. The second-order valence-electron chi connectivity index (χ2n) is 3.39. The van der Waals surface area contributed by atoms with Gasteiger partial charge in [-0.2, -0.15) is 0 Å². The van der Waals surface area contributed by atoms with E-state index in [1.807, 2.05) is 27.0 Å². The van der Waals surface area contributed by atoms with Gasteiger partial charge in [-0.25, -0.2) is 4.79 Å². The minimum absolute atomic E-state index is 0.248. The third-order valence-electron chi connectivity index (χ3n) is 2.42. The number of carboxylic acids is 1. The normalized spacial score (nSPS) is 12.5. The third kappa shape index (κ3) is 2.12. The SMILES string of the molecule is CN[C@@H](C)c1ccc(C(=O)O)cc1C. The standard InChI is InChI=1S/C11H15NO2/c1-7-6-9(11(13)14)4-5-10(7)8(2)12-3/h4-6,8,12H,1-3H3,(H,13,14)/t8-/m0/s1. The summed E-state index contributed by atoms with van der Waals surface area (Å²) < 4.78 is 0. The first-order valence-electron chi connectivity index (χ1n) is 4.57. The van der Waals surface area contributed by atoms with Crippen LogP contribution in [0, 0.1) is 6.92 Å². The molecule has 1 rings (SSSR count). The lowest BCUT2D eigenvalue weighted by molar-refractivity contribution is 0.0696. The molecule has 14 heavy (non-hydrogen) atoms. The first-order chi connectivity index (χ1) is 6.56. The Balaban J connectivity index is 3.07. The maximum absolute atomic E-state index is 10.7. The van der Waals surface area contributed by atoms with E-state index < -0.39 is 5.97 Å². The Kier molecular flexibility index (Phi) is 3.25. The molecule has 0 aliphatic heterocycles. The average Bonchev–Trinajstić information content (AvgIpc) is 2.16. The Morgan fingerprint density at radius 2 is 2.14 bits per heavy atom. The highest BCUT2D eigenvalue weighted by molar-refractivity contribution is 5.87. The Morgan fingerprint density at radius 3 is 2.57 bits per heavy atom. The van der Waals surface area contributed by atoms with E-state index in [1.165, 1.54) is 0 Å². The lowest BCUT2D eigenvalue weighted by Crippen LogP contribution is -2.14. The molecule has 0 saturated heterocycles. The van der Waals surface area contributed by atoms with E-state index in [2.05, 4.69) is 5.32 Å². The number of carboxylic acid groups (broad SMARTS) is 1. The summed E-state index contributed by atoms with van der Waals surface area (Å²) in [6.45, 7) is 3.97. The Bertz CT molecular complexity index is 347. The molecule has 0 aliphatic rings. The Labute approximate surface area is 83.8 Å². The van der Waals surface area contributed by atoms with Gasteiger partial charge in [0.15, 0.2) is 0 Å². The zero-order valence-electron chi connectivity index (χ0n) is 8.66. The summed E-state index contributed by atoms with van der Waals surface area (Å²) in [4.78, 5) is 10.7. The quantitative estimate of drug-likeness (QED) is 0.771. The summed E-state index contributed by atoms with van der Waals surface area (Å²) in [5.74, 6) is -0.878.